The van der Waals surface area contributed by atoms with Gasteiger partial charge in [0.15, 0.2) is 0 Å². The largest absolute Gasteiger partial charge is 0.319 e. The number of amides is 1. The molecule has 0 radical (unpaired) electrons. The lowest BCUT2D eigenvalue weighted by molar-refractivity contribution is -0.384. The summed E-state index contributed by atoms with van der Waals surface area (Å²) in [6.45, 7) is 9.14. The highest BCUT2D eigenvalue weighted by Crippen LogP contribution is 2.29. The van der Waals surface area contributed by atoms with Crippen molar-refractivity contribution in [1.82, 2.24) is 0 Å². The number of rotatable bonds is 3. The topological polar surface area (TPSA) is 98.3 Å². The standard InChI is InChI=1S/C14H21N3O3/c1-8-6-10(11(17(19)20)7-9(8)2)16-13(18)12(15)14(3,4)5/h6-7,12H,15H2,1-5H3,(H,16,18). The molecule has 20 heavy (non-hydrogen) atoms. The minimum atomic E-state index is -0.747. The zero-order valence-electron chi connectivity index (χ0n) is 12.5. The van der Waals surface area contributed by atoms with E-state index in [2.05, 4.69) is 5.32 Å². The lowest BCUT2D eigenvalue weighted by Crippen LogP contribution is -2.45. The van der Waals surface area contributed by atoms with Gasteiger partial charge in [0.1, 0.15) is 5.69 Å². The Morgan fingerprint density at radius 3 is 2.25 bits per heavy atom. The third-order valence-electron chi connectivity index (χ3n) is 3.28. The summed E-state index contributed by atoms with van der Waals surface area (Å²) in [5.41, 5.74) is 7.17. The number of benzene rings is 1. The van der Waals surface area contributed by atoms with Crippen LogP contribution in [0.25, 0.3) is 0 Å². The van der Waals surface area contributed by atoms with E-state index in [4.69, 9.17) is 5.73 Å². The van der Waals surface area contributed by atoms with Crippen LogP contribution < -0.4 is 11.1 Å². The number of anilines is 1. The minimum Gasteiger partial charge on any atom is -0.319 e. The van der Waals surface area contributed by atoms with E-state index in [1.165, 1.54) is 6.07 Å². The lowest BCUT2D eigenvalue weighted by atomic mass is 9.87. The first-order chi connectivity index (χ1) is 9.04. The second-order valence-corrected chi connectivity index (χ2v) is 6.04. The maximum absolute atomic E-state index is 12.1. The molecule has 0 saturated carbocycles. The van der Waals surface area contributed by atoms with Crippen molar-refractivity contribution in [2.75, 3.05) is 5.32 Å². The van der Waals surface area contributed by atoms with E-state index in [1.54, 1.807) is 13.0 Å². The second kappa shape index (κ2) is 5.58. The Morgan fingerprint density at radius 1 is 1.30 bits per heavy atom. The van der Waals surface area contributed by atoms with Gasteiger partial charge in [0, 0.05) is 6.07 Å². The number of carbonyl (C=O) groups is 1. The van der Waals surface area contributed by atoms with E-state index in [0.717, 1.165) is 11.1 Å². The highest BCUT2D eigenvalue weighted by molar-refractivity contribution is 5.97. The number of hydrogen-bond acceptors (Lipinski definition) is 4. The number of nitro benzene ring substituents is 1. The molecule has 0 spiro atoms. The molecule has 0 fully saturated rings. The quantitative estimate of drug-likeness (QED) is 0.656. The van der Waals surface area contributed by atoms with Crippen molar-refractivity contribution in [3.8, 4) is 0 Å². The Labute approximate surface area is 118 Å². The second-order valence-electron chi connectivity index (χ2n) is 6.04. The van der Waals surface area contributed by atoms with E-state index < -0.39 is 22.3 Å². The van der Waals surface area contributed by atoms with Gasteiger partial charge in [0.05, 0.1) is 11.0 Å². The van der Waals surface area contributed by atoms with Crippen molar-refractivity contribution in [2.45, 2.75) is 40.7 Å². The number of aryl methyl sites for hydroxylation is 2. The van der Waals surface area contributed by atoms with Crippen LogP contribution in [0.1, 0.15) is 31.9 Å². The highest BCUT2D eigenvalue weighted by atomic mass is 16.6. The summed E-state index contributed by atoms with van der Waals surface area (Å²) < 4.78 is 0. The van der Waals surface area contributed by atoms with Crippen molar-refractivity contribution < 1.29 is 9.72 Å². The summed E-state index contributed by atoms with van der Waals surface area (Å²) in [5.74, 6) is -0.427. The van der Waals surface area contributed by atoms with E-state index >= 15 is 0 Å². The zero-order chi connectivity index (χ0) is 15.7. The Morgan fingerprint density at radius 2 is 1.80 bits per heavy atom. The molecule has 110 valence electrons. The normalized spacial score (nSPS) is 12.9. The van der Waals surface area contributed by atoms with Gasteiger partial charge in [0.25, 0.3) is 5.69 Å². The monoisotopic (exact) mass is 279 g/mol. The maximum atomic E-state index is 12.1. The molecule has 1 aromatic rings. The van der Waals surface area contributed by atoms with Gasteiger partial charge in [-0.25, -0.2) is 0 Å². The summed E-state index contributed by atoms with van der Waals surface area (Å²) in [5, 5.41) is 13.6. The molecule has 6 heteroatoms. The van der Waals surface area contributed by atoms with Crippen LogP contribution in [0.4, 0.5) is 11.4 Å². The van der Waals surface area contributed by atoms with Crippen LogP contribution >= 0.6 is 0 Å². The Balaban J connectivity index is 3.12. The zero-order valence-corrected chi connectivity index (χ0v) is 12.5. The molecular weight excluding hydrogens is 258 g/mol. The van der Waals surface area contributed by atoms with Gasteiger partial charge in [-0.2, -0.15) is 0 Å². The minimum absolute atomic E-state index is 0.123. The smallest absolute Gasteiger partial charge is 0.293 e. The molecule has 6 nitrogen and oxygen atoms in total. The summed E-state index contributed by atoms with van der Waals surface area (Å²) >= 11 is 0. The molecule has 3 N–H and O–H groups in total. The Bertz CT molecular complexity index is 547. The molecule has 0 aliphatic rings. The summed E-state index contributed by atoms with van der Waals surface area (Å²) in [6, 6.07) is 2.30. The van der Waals surface area contributed by atoms with Crippen molar-refractivity contribution >= 4 is 17.3 Å². The number of carbonyl (C=O) groups excluding carboxylic acids is 1. The van der Waals surface area contributed by atoms with Gasteiger partial charge in [0.2, 0.25) is 5.91 Å². The third kappa shape index (κ3) is 3.54. The van der Waals surface area contributed by atoms with Gasteiger partial charge in [-0.3, -0.25) is 14.9 Å². The molecule has 1 aromatic carbocycles. The molecule has 0 aliphatic heterocycles. The molecule has 1 rings (SSSR count). The SMILES string of the molecule is Cc1cc(NC(=O)C(N)C(C)(C)C)c([N+](=O)[O-])cc1C. The predicted molar refractivity (Wildman–Crippen MR) is 78.6 cm³/mol. The fraction of sp³-hybridized carbons (Fsp3) is 0.500. The number of hydrogen-bond donors (Lipinski definition) is 2. The molecule has 0 heterocycles. The molecule has 1 amide bonds. The Hall–Kier alpha value is -1.95. The first-order valence-electron chi connectivity index (χ1n) is 6.36. The van der Waals surface area contributed by atoms with E-state index in [9.17, 15) is 14.9 Å². The number of nitrogens with zero attached hydrogens (tertiary/aromatic N) is 1. The fourth-order valence-electron chi connectivity index (χ4n) is 1.66. The van der Waals surface area contributed by atoms with Gasteiger partial charge in [-0.1, -0.05) is 20.8 Å². The molecule has 0 aromatic heterocycles. The first kappa shape index (κ1) is 16.1. The van der Waals surface area contributed by atoms with E-state index in [1.807, 2.05) is 27.7 Å². The molecule has 1 atom stereocenters. The van der Waals surface area contributed by atoms with Crippen LogP contribution in [0.5, 0.6) is 0 Å². The summed E-state index contributed by atoms with van der Waals surface area (Å²) in [4.78, 5) is 22.6. The van der Waals surface area contributed by atoms with Crippen LogP contribution in [0.3, 0.4) is 0 Å². The summed E-state index contributed by atoms with van der Waals surface area (Å²) in [7, 11) is 0. The summed E-state index contributed by atoms with van der Waals surface area (Å²) in [6.07, 6.45) is 0. The highest BCUT2D eigenvalue weighted by Gasteiger charge is 2.29. The number of nitrogens with one attached hydrogen (secondary N) is 1. The maximum Gasteiger partial charge on any atom is 0.293 e. The Kier molecular flexibility index (Phi) is 4.50. The van der Waals surface area contributed by atoms with Crippen molar-refractivity contribution in [1.29, 1.82) is 0 Å². The van der Waals surface area contributed by atoms with E-state index in [0.29, 0.717) is 0 Å². The molecule has 0 saturated heterocycles. The lowest BCUT2D eigenvalue weighted by Gasteiger charge is -2.25. The molecule has 0 aliphatic carbocycles. The van der Waals surface area contributed by atoms with Crippen molar-refractivity contribution in [3.63, 3.8) is 0 Å². The predicted octanol–water partition coefficient (Wildman–Crippen LogP) is 2.52. The first-order valence-corrected chi connectivity index (χ1v) is 6.36. The molecule has 1 unspecified atom stereocenters. The van der Waals surface area contributed by atoms with Crippen molar-refractivity contribution in [2.24, 2.45) is 11.1 Å². The number of nitrogens with two attached hydrogens (primary N) is 1. The van der Waals surface area contributed by atoms with Gasteiger partial charge >= 0.3 is 0 Å². The average Bonchev–Trinajstić information content (AvgIpc) is 2.30. The van der Waals surface area contributed by atoms with E-state index in [-0.39, 0.29) is 11.4 Å². The van der Waals surface area contributed by atoms with Crippen LogP contribution in [-0.2, 0) is 4.79 Å². The number of nitro groups is 1. The van der Waals surface area contributed by atoms with Gasteiger partial charge < -0.3 is 11.1 Å². The van der Waals surface area contributed by atoms with Crippen molar-refractivity contribution in [3.05, 3.63) is 33.4 Å². The van der Waals surface area contributed by atoms with Crippen LogP contribution in [0.15, 0.2) is 12.1 Å². The van der Waals surface area contributed by atoms with Gasteiger partial charge in [-0.05, 0) is 36.5 Å². The van der Waals surface area contributed by atoms with Crippen LogP contribution in [0, 0.1) is 29.4 Å². The van der Waals surface area contributed by atoms with Gasteiger partial charge in [-0.15, -0.1) is 0 Å². The van der Waals surface area contributed by atoms with Crippen LogP contribution in [-0.4, -0.2) is 16.9 Å². The molecule has 0 bridgehead atoms. The molecular formula is C14H21N3O3. The average molecular weight is 279 g/mol. The fourth-order valence-corrected chi connectivity index (χ4v) is 1.66. The third-order valence-corrected chi connectivity index (χ3v) is 3.28. The van der Waals surface area contributed by atoms with Crippen LogP contribution in [0.2, 0.25) is 0 Å².